The quantitative estimate of drug-likeness (QED) is 0.758. The van der Waals surface area contributed by atoms with Crippen molar-refractivity contribution >= 4 is 23.2 Å². The Kier molecular flexibility index (Phi) is 6.58. The molecule has 1 atom stereocenters. The van der Waals surface area contributed by atoms with Gasteiger partial charge in [0.05, 0.1) is 13.2 Å². The number of nitrogens with zero attached hydrogens (tertiary/aromatic N) is 2. The minimum atomic E-state index is -0.566. The van der Waals surface area contributed by atoms with Gasteiger partial charge in [-0.15, -0.1) is 0 Å². The van der Waals surface area contributed by atoms with E-state index in [2.05, 4.69) is 29.2 Å². The third-order valence-corrected chi connectivity index (χ3v) is 4.83. The Morgan fingerprint density at radius 1 is 1.15 bits per heavy atom. The molecule has 2 aromatic rings. The summed E-state index contributed by atoms with van der Waals surface area (Å²) in [6.45, 7) is 5.66. The Morgan fingerprint density at radius 3 is 2.41 bits per heavy atom. The zero-order valence-corrected chi connectivity index (χ0v) is 16.5. The summed E-state index contributed by atoms with van der Waals surface area (Å²) < 4.78 is 11.1. The van der Waals surface area contributed by atoms with Crippen LogP contribution in [-0.2, 0) is 16.1 Å². The number of hydrogen-bond donors (Lipinski definition) is 0. The number of rotatable bonds is 6. The molecule has 0 bridgehead atoms. The second-order valence-corrected chi connectivity index (χ2v) is 7.11. The summed E-state index contributed by atoms with van der Waals surface area (Å²) in [6, 6.07) is 15.4. The van der Waals surface area contributed by atoms with Gasteiger partial charge in [0, 0.05) is 37.4 Å². The lowest BCUT2D eigenvalue weighted by Crippen LogP contribution is -2.37. The molecule has 1 fully saturated rings. The zero-order valence-electron chi connectivity index (χ0n) is 15.7. The highest BCUT2D eigenvalue weighted by molar-refractivity contribution is 6.30. The molecule has 1 heterocycles. The van der Waals surface area contributed by atoms with Crippen molar-refractivity contribution in [3.05, 3.63) is 59.1 Å². The lowest BCUT2D eigenvalue weighted by Gasteiger charge is -2.29. The number of hydrogen-bond acceptors (Lipinski definition) is 4. The van der Waals surface area contributed by atoms with Gasteiger partial charge in [0.1, 0.15) is 5.75 Å². The summed E-state index contributed by atoms with van der Waals surface area (Å²) in [7, 11) is 1.79. The third-order valence-electron chi connectivity index (χ3n) is 4.58. The van der Waals surface area contributed by atoms with E-state index < -0.39 is 6.10 Å². The molecule has 0 N–H and O–H groups in total. The Hall–Kier alpha value is -2.24. The van der Waals surface area contributed by atoms with E-state index >= 15 is 0 Å². The molecule has 0 saturated carbocycles. The number of anilines is 1. The normalized spacial score (nSPS) is 15.3. The predicted molar refractivity (Wildman–Crippen MR) is 107 cm³/mol. The fourth-order valence-corrected chi connectivity index (χ4v) is 3.19. The van der Waals surface area contributed by atoms with Crippen molar-refractivity contribution in [1.82, 2.24) is 4.90 Å². The molecule has 6 heteroatoms. The number of likely N-dealkylation sites (N-methyl/N-ethyl adjacent to an activating group) is 1. The maximum atomic E-state index is 12.6. The monoisotopic (exact) mass is 388 g/mol. The summed E-state index contributed by atoms with van der Waals surface area (Å²) in [5.41, 5.74) is 2.28. The first-order valence-electron chi connectivity index (χ1n) is 9.12. The average molecular weight is 389 g/mol. The molecule has 1 amide bonds. The first-order valence-corrected chi connectivity index (χ1v) is 9.49. The average Bonchev–Trinajstić information content (AvgIpc) is 2.70. The van der Waals surface area contributed by atoms with E-state index in [1.165, 1.54) is 5.69 Å². The van der Waals surface area contributed by atoms with Gasteiger partial charge in [-0.1, -0.05) is 23.7 Å². The molecule has 0 radical (unpaired) electrons. The molecule has 0 spiro atoms. The number of halogens is 1. The van der Waals surface area contributed by atoms with E-state index in [0.717, 1.165) is 31.9 Å². The molecule has 1 aliphatic heterocycles. The standard InChI is InChI=1S/C21H25ClN2O3/c1-16(27-20-9-5-18(22)6-10-20)21(25)23(2)15-17-3-7-19(8-4-17)24-11-13-26-14-12-24/h3-10,16H,11-15H2,1-2H3. The summed E-state index contributed by atoms with van der Waals surface area (Å²) in [4.78, 5) is 16.6. The van der Waals surface area contributed by atoms with E-state index in [-0.39, 0.29) is 5.91 Å². The van der Waals surface area contributed by atoms with Crippen LogP contribution in [0.15, 0.2) is 48.5 Å². The number of ether oxygens (including phenoxy) is 2. The van der Waals surface area contributed by atoms with Crippen molar-refractivity contribution in [2.75, 3.05) is 38.3 Å². The van der Waals surface area contributed by atoms with Gasteiger partial charge in [-0.05, 0) is 48.9 Å². The molecule has 5 nitrogen and oxygen atoms in total. The van der Waals surface area contributed by atoms with Crippen LogP contribution < -0.4 is 9.64 Å². The van der Waals surface area contributed by atoms with E-state index in [1.54, 1.807) is 43.1 Å². The Bertz CT molecular complexity index is 743. The topological polar surface area (TPSA) is 42.0 Å². The first kappa shape index (κ1) is 19.5. The van der Waals surface area contributed by atoms with Crippen LogP contribution in [0.25, 0.3) is 0 Å². The zero-order chi connectivity index (χ0) is 19.2. The summed E-state index contributed by atoms with van der Waals surface area (Å²) >= 11 is 5.87. The highest BCUT2D eigenvalue weighted by Crippen LogP contribution is 2.19. The summed E-state index contributed by atoms with van der Waals surface area (Å²) in [5, 5.41) is 0.638. The second kappa shape index (κ2) is 9.11. The van der Waals surface area contributed by atoms with Gasteiger partial charge in [0.15, 0.2) is 6.10 Å². The third kappa shape index (κ3) is 5.37. The van der Waals surface area contributed by atoms with Gasteiger partial charge in [-0.2, -0.15) is 0 Å². The number of morpholine rings is 1. The fraction of sp³-hybridized carbons (Fsp3) is 0.381. The molecule has 3 rings (SSSR count). The molecule has 0 aliphatic carbocycles. The highest BCUT2D eigenvalue weighted by atomic mass is 35.5. The van der Waals surface area contributed by atoms with Crippen LogP contribution >= 0.6 is 11.6 Å². The Labute approximate surface area is 165 Å². The minimum Gasteiger partial charge on any atom is -0.481 e. The maximum Gasteiger partial charge on any atom is 0.263 e. The van der Waals surface area contributed by atoms with Crippen LogP contribution in [0.3, 0.4) is 0 Å². The summed E-state index contributed by atoms with van der Waals surface area (Å²) in [6.07, 6.45) is -0.566. The van der Waals surface area contributed by atoms with E-state index in [9.17, 15) is 4.79 Å². The fourth-order valence-electron chi connectivity index (χ4n) is 3.06. The number of carbonyl (C=O) groups is 1. The lowest BCUT2D eigenvalue weighted by atomic mass is 10.1. The molecule has 1 unspecified atom stereocenters. The van der Waals surface area contributed by atoms with Crippen molar-refractivity contribution in [3.8, 4) is 5.75 Å². The van der Waals surface area contributed by atoms with Crippen molar-refractivity contribution in [2.45, 2.75) is 19.6 Å². The smallest absolute Gasteiger partial charge is 0.263 e. The van der Waals surface area contributed by atoms with E-state index in [1.807, 2.05) is 0 Å². The van der Waals surface area contributed by atoms with Crippen LogP contribution in [0.2, 0.25) is 5.02 Å². The minimum absolute atomic E-state index is 0.0674. The van der Waals surface area contributed by atoms with Crippen LogP contribution in [0, 0.1) is 0 Å². The summed E-state index contributed by atoms with van der Waals surface area (Å²) in [5.74, 6) is 0.561. The number of amides is 1. The molecular weight excluding hydrogens is 364 g/mol. The predicted octanol–water partition coefficient (Wildman–Crippen LogP) is 3.60. The molecular formula is C21H25ClN2O3. The van der Waals surface area contributed by atoms with E-state index in [0.29, 0.717) is 17.3 Å². The molecule has 1 saturated heterocycles. The number of benzene rings is 2. The number of carbonyl (C=O) groups excluding carboxylic acids is 1. The van der Waals surface area contributed by atoms with Crippen LogP contribution in [0.4, 0.5) is 5.69 Å². The van der Waals surface area contributed by atoms with Gasteiger partial charge in [0.2, 0.25) is 0 Å². The van der Waals surface area contributed by atoms with Crippen LogP contribution in [0.5, 0.6) is 5.75 Å². The van der Waals surface area contributed by atoms with Crippen molar-refractivity contribution < 1.29 is 14.3 Å². The van der Waals surface area contributed by atoms with Crippen molar-refractivity contribution in [1.29, 1.82) is 0 Å². The lowest BCUT2D eigenvalue weighted by molar-refractivity contribution is -0.137. The van der Waals surface area contributed by atoms with Crippen molar-refractivity contribution in [2.24, 2.45) is 0 Å². The highest BCUT2D eigenvalue weighted by Gasteiger charge is 2.19. The molecule has 1 aliphatic rings. The van der Waals surface area contributed by atoms with Gasteiger partial charge < -0.3 is 19.3 Å². The molecule has 144 valence electrons. The van der Waals surface area contributed by atoms with Crippen LogP contribution in [0.1, 0.15) is 12.5 Å². The van der Waals surface area contributed by atoms with Gasteiger partial charge in [-0.3, -0.25) is 4.79 Å². The Balaban J connectivity index is 1.54. The van der Waals surface area contributed by atoms with Gasteiger partial charge in [0.25, 0.3) is 5.91 Å². The maximum absolute atomic E-state index is 12.6. The largest absolute Gasteiger partial charge is 0.481 e. The second-order valence-electron chi connectivity index (χ2n) is 6.67. The van der Waals surface area contributed by atoms with E-state index in [4.69, 9.17) is 21.1 Å². The molecule has 27 heavy (non-hydrogen) atoms. The molecule has 0 aromatic heterocycles. The van der Waals surface area contributed by atoms with Gasteiger partial charge in [-0.25, -0.2) is 0 Å². The SMILES string of the molecule is CC(Oc1ccc(Cl)cc1)C(=O)N(C)Cc1ccc(N2CCOCC2)cc1. The van der Waals surface area contributed by atoms with Crippen molar-refractivity contribution in [3.63, 3.8) is 0 Å². The molecule has 2 aromatic carbocycles. The van der Waals surface area contributed by atoms with Crippen LogP contribution in [-0.4, -0.2) is 50.3 Å². The first-order chi connectivity index (χ1) is 13.0. The van der Waals surface area contributed by atoms with Gasteiger partial charge >= 0.3 is 0 Å². The Morgan fingerprint density at radius 2 is 1.78 bits per heavy atom.